The number of morpholine rings is 1. The Labute approximate surface area is 136 Å². The van der Waals surface area contributed by atoms with E-state index in [4.69, 9.17) is 9.47 Å². The highest BCUT2D eigenvalue weighted by Gasteiger charge is 2.16. The Kier molecular flexibility index (Phi) is 5.58. The van der Waals surface area contributed by atoms with Crippen LogP contribution in [0.25, 0.3) is 11.1 Å². The SMILES string of the molecule is O[C@@H](COc1ccccc1-c1ccncc1)CN1CCOCC1. The molecule has 1 atom stereocenters. The lowest BCUT2D eigenvalue weighted by Crippen LogP contribution is -2.42. The number of hydrogen-bond donors (Lipinski definition) is 1. The summed E-state index contributed by atoms with van der Waals surface area (Å²) in [5, 5.41) is 10.2. The highest BCUT2D eigenvalue weighted by atomic mass is 16.5. The maximum absolute atomic E-state index is 10.2. The summed E-state index contributed by atoms with van der Waals surface area (Å²) in [4.78, 5) is 6.24. The Bertz CT molecular complexity index is 600. The Morgan fingerprint density at radius 2 is 1.87 bits per heavy atom. The Morgan fingerprint density at radius 3 is 2.65 bits per heavy atom. The molecular weight excluding hydrogens is 292 g/mol. The summed E-state index contributed by atoms with van der Waals surface area (Å²) in [5.74, 6) is 0.778. The van der Waals surface area contributed by atoms with Gasteiger partial charge in [-0.15, -0.1) is 0 Å². The van der Waals surface area contributed by atoms with Crippen molar-refractivity contribution in [3.63, 3.8) is 0 Å². The van der Waals surface area contributed by atoms with E-state index in [1.54, 1.807) is 12.4 Å². The van der Waals surface area contributed by atoms with Gasteiger partial charge in [-0.05, 0) is 23.8 Å². The first-order valence-corrected chi connectivity index (χ1v) is 7.93. The van der Waals surface area contributed by atoms with Gasteiger partial charge in [-0.3, -0.25) is 9.88 Å². The van der Waals surface area contributed by atoms with Crippen LogP contribution < -0.4 is 4.74 Å². The van der Waals surface area contributed by atoms with Crippen molar-refractivity contribution < 1.29 is 14.6 Å². The molecule has 0 radical (unpaired) electrons. The maximum atomic E-state index is 10.2. The molecule has 122 valence electrons. The van der Waals surface area contributed by atoms with Crippen molar-refractivity contribution >= 4 is 0 Å². The quantitative estimate of drug-likeness (QED) is 0.881. The van der Waals surface area contributed by atoms with Crippen LogP contribution in [-0.4, -0.2) is 60.5 Å². The predicted molar refractivity (Wildman–Crippen MR) is 88.4 cm³/mol. The Balaban J connectivity index is 1.60. The lowest BCUT2D eigenvalue weighted by Gasteiger charge is -2.28. The van der Waals surface area contributed by atoms with E-state index in [2.05, 4.69) is 9.88 Å². The van der Waals surface area contributed by atoms with E-state index in [1.165, 1.54) is 0 Å². The normalized spacial score (nSPS) is 16.9. The molecule has 0 spiro atoms. The molecular formula is C18H22N2O3. The third-order valence-corrected chi connectivity index (χ3v) is 3.88. The van der Waals surface area contributed by atoms with E-state index in [0.717, 1.165) is 43.2 Å². The van der Waals surface area contributed by atoms with Crippen molar-refractivity contribution in [1.82, 2.24) is 9.88 Å². The van der Waals surface area contributed by atoms with Crippen LogP contribution in [0.4, 0.5) is 0 Å². The molecule has 2 aromatic rings. The van der Waals surface area contributed by atoms with Gasteiger partial charge in [-0.25, -0.2) is 0 Å². The van der Waals surface area contributed by atoms with E-state index in [1.807, 2.05) is 36.4 Å². The van der Waals surface area contributed by atoms with E-state index in [9.17, 15) is 5.11 Å². The summed E-state index contributed by atoms with van der Waals surface area (Å²) >= 11 is 0. The van der Waals surface area contributed by atoms with E-state index >= 15 is 0 Å². The third-order valence-electron chi connectivity index (χ3n) is 3.88. The van der Waals surface area contributed by atoms with Crippen molar-refractivity contribution in [2.75, 3.05) is 39.5 Å². The average Bonchev–Trinajstić information content (AvgIpc) is 2.62. The van der Waals surface area contributed by atoms with Gasteiger partial charge in [-0.2, -0.15) is 0 Å². The molecule has 0 amide bonds. The zero-order valence-electron chi connectivity index (χ0n) is 13.1. The highest BCUT2D eigenvalue weighted by Crippen LogP contribution is 2.29. The molecule has 1 aliphatic heterocycles. The maximum Gasteiger partial charge on any atom is 0.127 e. The molecule has 1 aromatic carbocycles. The number of ether oxygens (including phenoxy) is 2. The van der Waals surface area contributed by atoms with Crippen molar-refractivity contribution in [2.24, 2.45) is 0 Å². The van der Waals surface area contributed by atoms with Crippen LogP contribution in [0.5, 0.6) is 5.75 Å². The average molecular weight is 314 g/mol. The van der Waals surface area contributed by atoms with E-state index < -0.39 is 6.10 Å². The second-order valence-electron chi connectivity index (χ2n) is 5.61. The fraction of sp³-hybridized carbons (Fsp3) is 0.389. The van der Waals surface area contributed by atoms with Gasteiger partial charge in [0, 0.05) is 37.6 Å². The number of rotatable bonds is 6. The van der Waals surface area contributed by atoms with Crippen LogP contribution in [0.1, 0.15) is 0 Å². The number of aromatic nitrogens is 1. The molecule has 0 unspecified atom stereocenters. The van der Waals surface area contributed by atoms with Gasteiger partial charge in [0.1, 0.15) is 18.5 Å². The number of β-amino-alcohol motifs (C(OH)–C–C–N with tert-alkyl or cyclic N) is 1. The monoisotopic (exact) mass is 314 g/mol. The molecule has 5 nitrogen and oxygen atoms in total. The molecule has 3 rings (SSSR count). The first-order valence-electron chi connectivity index (χ1n) is 7.93. The number of aliphatic hydroxyl groups excluding tert-OH is 1. The predicted octanol–water partition coefficient (Wildman–Crippen LogP) is 1.82. The van der Waals surface area contributed by atoms with Crippen LogP contribution in [0.15, 0.2) is 48.8 Å². The van der Waals surface area contributed by atoms with Gasteiger partial charge >= 0.3 is 0 Å². The van der Waals surface area contributed by atoms with Crippen LogP contribution in [0.3, 0.4) is 0 Å². The smallest absolute Gasteiger partial charge is 0.127 e. The second kappa shape index (κ2) is 8.06. The zero-order chi connectivity index (χ0) is 15.9. The van der Waals surface area contributed by atoms with Crippen LogP contribution in [-0.2, 0) is 4.74 Å². The summed E-state index contributed by atoms with van der Waals surface area (Å²) in [5.41, 5.74) is 2.06. The first kappa shape index (κ1) is 15.9. The molecule has 0 bridgehead atoms. The Hall–Kier alpha value is -1.95. The van der Waals surface area contributed by atoms with Crippen molar-refractivity contribution in [3.8, 4) is 16.9 Å². The fourth-order valence-electron chi connectivity index (χ4n) is 2.68. The summed E-state index contributed by atoms with van der Waals surface area (Å²) in [6.07, 6.45) is 3.01. The summed E-state index contributed by atoms with van der Waals surface area (Å²) < 4.78 is 11.2. The standard InChI is InChI=1S/C18H22N2O3/c21-16(13-20-9-11-22-12-10-20)14-23-18-4-2-1-3-17(18)15-5-7-19-8-6-15/h1-8,16,21H,9-14H2/t16-/m1/s1. The largest absolute Gasteiger partial charge is 0.490 e. The molecule has 2 heterocycles. The number of pyridine rings is 1. The lowest BCUT2D eigenvalue weighted by atomic mass is 10.1. The summed E-state index contributed by atoms with van der Waals surface area (Å²) in [6, 6.07) is 11.8. The number of nitrogens with zero attached hydrogens (tertiary/aromatic N) is 2. The highest BCUT2D eigenvalue weighted by molar-refractivity contribution is 5.69. The minimum absolute atomic E-state index is 0.277. The molecule has 5 heteroatoms. The molecule has 1 fully saturated rings. The molecule has 23 heavy (non-hydrogen) atoms. The Morgan fingerprint density at radius 1 is 1.13 bits per heavy atom. The third kappa shape index (κ3) is 4.51. The van der Waals surface area contributed by atoms with Gasteiger partial charge < -0.3 is 14.6 Å². The molecule has 0 saturated carbocycles. The van der Waals surface area contributed by atoms with Crippen molar-refractivity contribution in [3.05, 3.63) is 48.8 Å². The lowest BCUT2D eigenvalue weighted by molar-refractivity contribution is 0.00471. The number of aliphatic hydroxyl groups is 1. The van der Waals surface area contributed by atoms with Crippen LogP contribution in [0.2, 0.25) is 0 Å². The van der Waals surface area contributed by atoms with Crippen LogP contribution in [0, 0.1) is 0 Å². The summed E-state index contributed by atoms with van der Waals surface area (Å²) in [6.45, 7) is 4.09. The fourth-order valence-corrected chi connectivity index (χ4v) is 2.68. The van der Waals surface area contributed by atoms with Gasteiger partial charge in [0.05, 0.1) is 13.2 Å². The van der Waals surface area contributed by atoms with Gasteiger partial charge in [-0.1, -0.05) is 18.2 Å². The van der Waals surface area contributed by atoms with Gasteiger partial charge in [0.25, 0.3) is 0 Å². The number of hydrogen-bond acceptors (Lipinski definition) is 5. The number of para-hydroxylation sites is 1. The van der Waals surface area contributed by atoms with Crippen LogP contribution >= 0.6 is 0 Å². The number of benzene rings is 1. The van der Waals surface area contributed by atoms with Gasteiger partial charge in [0.15, 0.2) is 0 Å². The molecule has 1 aromatic heterocycles. The van der Waals surface area contributed by atoms with E-state index in [0.29, 0.717) is 6.54 Å². The van der Waals surface area contributed by atoms with E-state index in [-0.39, 0.29) is 6.61 Å². The second-order valence-corrected chi connectivity index (χ2v) is 5.61. The molecule has 1 N–H and O–H groups in total. The zero-order valence-corrected chi connectivity index (χ0v) is 13.1. The van der Waals surface area contributed by atoms with Crippen molar-refractivity contribution in [1.29, 1.82) is 0 Å². The topological polar surface area (TPSA) is 54.8 Å². The minimum Gasteiger partial charge on any atom is -0.490 e. The van der Waals surface area contributed by atoms with Crippen molar-refractivity contribution in [2.45, 2.75) is 6.10 Å². The molecule has 1 aliphatic rings. The summed E-state index contributed by atoms with van der Waals surface area (Å²) in [7, 11) is 0. The molecule has 1 saturated heterocycles. The first-order chi connectivity index (χ1) is 11.3. The minimum atomic E-state index is -0.515. The van der Waals surface area contributed by atoms with Gasteiger partial charge in [0.2, 0.25) is 0 Å². The molecule has 0 aliphatic carbocycles.